The van der Waals surface area contributed by atoms with Crippen molar-refractivity contribution >= 4 is 22.8 Å². The van der Waals surface area contributed by atoms with Crippen LogP contribution in [0, 0.1) is 5.92 Å². The largest absolute Gasteiger partial charge is 0.416 e. The number of benzene rings is 1. The van der Waals surface area contributed by atoms with Gasteiger partial charge in [-0.25, -0.2) is 9.97 Å². The van der Waals surface area contributed by atoms with Crippen molar-refractivity contribution in [2.45, 2.75) is 31.3 Å². The van der Waals surface area contributed by atoms with E-state index in [1.807, 2.05) is 21.7 Å². The predicted molar refractivity (Wildman–Crippen MR) is 130 cm³/mol. The normalized spacial score (nSPS) is 23.5. The van der Waals surface area contributed by atoms with E-state index in [4.69, 9.17) is 10.5 Å². The molecular formula is C25H29F3N6O3. The Morgan fingerprint density at radius 1 is 1.16 bits per heavy atom. The fraction of sp³-hybridized carbons (Fsp3) is 0.480. The number of amides is 1. The highest BCUT2D eigenvalue weighted by Gasteiger charge is 2.33. The number of nitrogens with two attached hydrogens (primary N) is 1. The number of primary amides is 1. The Labute approximate surface area is 211 Å². The predicted octanol–water partition coefficient (Wildman–Crippen LogP) is 2.20. The molecule has 1 aromatic carbocycles. The molecule has 0 aliphatic carbocycles. The van der Waals surface area contributed by atoms with Crippen molar-refractivity contribution in [3.8, 4) is 0 Å². The van der Waals surface area contributed by atoms with Crippen LogP contribution in [0.4, 0.5) is 19.0 Å². The number of hydrogen-bond donors (Lipinski definition) is 2. The zero-order valence-corrected chi connectivity index (χ0v) is 20.1. The zero-order valence-electron chi connectivity index (χ0n) is 20.1. The Morgan fingerprint density at radius 3 is 2.65 bits per heavy atom. The second kappa shape index (κ2) is 10.3. The van der Waals surface area contributed by atoms with Crippen molar-refractivity contribution in [3.05, 3.63) is 54.0 Å². The lowest BCUT2D eigenvalue weighted by Gasteiger charge is -2.37. The van der Waals surface area contributed by atoms with Gasteiger partial charge in [0.15, 0.2) is 0 Å². The number of hydrogen-bond acceptors (Lipinski definition) is 7. The van der Waals surface area contributed by atoms with Gasteiger partial charge in [-0.2, -0.15) is 13.2 Å². The molecule has 198 valence electrons. The van der Waals surface area contributed by atoms with Crippen LogP contribution in [-0.4, -0.2) is 75.9 Å². The number of nitrogens with zero attached hydrogens (tertiary/aromatic N) is 5. The summed E-state index contributed by atoms with van der Waals surface area (Å²) in [7, 11) is 0. The van der Waals surface area contributed by atoms with E-state index in [1.165, 1.54) is 18.5 Å². The number of anilines is 1. The molecule has 2 saturated heterocycles. The maximum Gasteiger partial charge on any atom is 0.416 e. The molecule has 0 unspecified atom stereocenters. The molecule has 37 heavy (non-hydrogen) atoms. The monoisotopic (exact) mass is 518 g/mol. The van der Waals surface area contributed by atoms with Crippen LogP contribution in [0.15, 0.2) is 42.9 Å². The third kappa shape index (κ3) is 5.41. The summed E-state index contributed by atoms with van der Waals surface area (Å²) in [5.41, 5.74) is 6.02. The lowest BCUT2D eigenvalue weighted by molar-refractivity contribution is -0.137. The number of aliphatic hydroxyl groups excluding tert-OH is 1. The summed E-state index contributed by atoms with van der Waals surface area (Å²) in [6.07, 6.45) is -0.881. The minimum absolute atomic E-state index is 0.0126. The van der Waals surface area contributed by atoms with Gasteiger partial charge in [-0.1, -0.05) is 12.1 Å². The van der Waals surface area contributed by atoms with Crippen molar-refractivity contribution in [2.75, 3.05) is 44.3 Å². The summed E-state index contributed by atoms with van der Waals surface area (Å²) in [6, 6.07) is 6.80. The van der Waals surface area contributed by atoms with E-state index in [9.17, 15) is 23.1 Å². The van der Waals surface area contributed by atoms with Crippen LogP contribution in [0.3, 0.4) is 0 Å². The standard InChI is InChI=1S/C25H29F3N6O3/c26-25(27,28)18-3-1-16(2-4-18)20-14-37-10-9-34(20)24-19-6-8-33(23(19)30-15-31-24)11-17-5-7-32(12-21(17)35)13-22(29)36/h1-4,6,8,15,17,20-21,35H,5,7,9-14H2,(H2,29,36)/t17-,20+,21+/m0/s1. The van der Waals surface area contributed by atoms with Crippen molar-refractivity contribution in [1.82, 2.24) is 19.4 Å². The molecule has 2 aliphatic heterocycles. The fourth-order valence-electron chi connectivity index (χ4n) is 5.27. The molecule has 0 spiro atoms. The number of ether oxygens (including phenoxy) is 1. The molecule has 2 fully saturated rings. The molecule has 0 saturated carbocycles. The number of halogens is 3. The van der Waals surface area contributed by atoms with E-state index < -0.39 is 23.8 Å². The van der Waals surface area contributed by atoms with Gasteiger partial charge in [-0.3, -0.25) is 9.69 Å². The first kappa shape index (κ1) is 25.4. The Hall–Kier alpha value is -3.22. The molecule has 4 heterocycles. The summed E-state index contributed by atoms with van der Waals surface area (Å²) < 4.78 is 46.8. The van der Waals surface area contributed by atoms with E-state index in [2.05, 4.69) is 14.9 Å². The first-order chi connectivity index (χ1) is 17.7. The summed E-state index contributed by atoms with van der Waals surface area (Å²) in [5, 5.41) is 11.5. The van der Waals surface area contributed by atoms with Gasteiger partial charge in [-0.15, -0.1) is 0 Å². The lowest BCUT2D eigenvalue weighted by Crippen LogP contribution is -2.47. The number of aliphatic hydroxyl groups is 1. The number of aromatic nitrogens is 3. The summed E-state index contributed by atoms with van der Waals surface area (Å²) in [5.74, 6) is 0.263. The van der Waals surface area contributed by atoms with Crippen LogP contribution in [0.5, 0.6) is 0 Å². The van der Waals surface area contributed by atoms with Crippen LogP contribution in [0.25, 0.3) is 11.0 Å². The summed E-state index contributed by atoms with van der Waals surface area (Å²) >= 11 is 0. The van der Waals surface area contributed by atoms with Gasteiger partial charge < -0.3 is 25.0 Å². The molecule has 3 atom stereocenters. The van der Waals surface area contributed by atoms with Gasteiger partial charge in [0, 0.05) is 31.7 Å². The van der Waals surface area contributed by atoms with E-state index in [0.29, 0.717) is 57.2 Å². The molecule has 3 N–H and O–H groups in total. The molecule has 5 rings (SSSR count). The molecule has 3 aromatic rings. The van der Waals surface area contributed by atoms with Crippen LogP contribution in [-0.2, 0) is 22.3 Å². The molecule has 9 nitrogen and oxygen atoms in total. The molecule has 2 aromatic heterocycles. The van der Waals surface area contributed by atoms with Gasteiger partial charge in [0.2, 0.25) is 5.91 Å². The van der Waals surface area contributed by atoms with Crippen molar-refractivity contribution < 1.29 is 27.8 Å². The molecular weight excluding hydrogens is 489 g/mol. The van der Waals surface area contributed by atoms with Crippen LogP contribution < -0.4 is 10.6 Å². The van der Waals surface area contributed by atoms with Gasteiger partial charge in [0.25, 0.3) is 0 Å². The van der Waals surface area contributed by atoms with E-state index in [1.54, 1.807) is 0 Å². The summed E-state index contributed by atoms with van der Waals surface area (Å²) in [6.45, 7) is 3.07. The fourth-order valence-corrected chi connectivity index (χ4v) is 5.27. The highest BCUT2D eigenvalue weighted by molar-refractivity contribution is 5.88. The molecule has 12 heteroatoms. The smallest absolute Gasteiger partial charge is 0.391 e. The molecule has 1 amide bonds. The Balaban J connectivity index is 1.37. The summed E-state index contributed by atoms with van der Waals surface area (Å²) in [4.78, 5) is 24.2. The van der Waals surface area contributed by atoms with Crippen molar-refractivity contribution in [2.24, 2.45) is 11.7 Å². The number of likely N-dealkylation sites (tertiary alicyclic amines) is 1. The van der Waals surface area contributed by atoms with E-state index >= 15 is 0 Å². The number of rotatable bonds is 6. The lowest BCUT2D eigenvalue weighted by atomic mass is 9.93. The average Bonchev–Trinajstić information content (AvgIpc) is 3.28. The number of carbonyl (C=O) groups is 1. The second-order valence-corrected chi connectivity index (χ2v) is 9.62. The van der Waals surface area contributed by atoms with Gasteiger partial charge in [0.1, 0.15) is 17.8 Å². The van der Waals surface area contributed by atoms with Gasteiger partial charge in [-0.05, 0) is 36.7 Å². The molecule has 0 bridgehead atoms. The van der Waals surface area contributed by atoms with Gasteiger partial charge >= 0.3 is 6.18 Å². The minimum atomic E-state index is -4.39. The Morgan fingerprint density at radius 2 is 1.95 bits per heavy atom. The first-order valence-corrected chi connectivity index (χ1v) is 12.2. The highest BCUT2D eigenvalue weighted by atomic mass is 19.4. The maximum atomic E-state index is 13.1. The number of piperidine rings is 1. The third-order valence-electron chi connectivity index (χ3n) is 7.17. The zero-order chi connectivity index (χ0) is 26.2. The SMILES string of the molecule is NC(=O)CN1CC[C@@H](Cn2ccc3c(N4CCOC[C@@H]4c4ccc(C(F)(F)F)cc4)ncnc32)[C@H](O)C1. The number of β-amino-alcohol motifs (C(OH)–C–C–N with tert-alkyl or cyclic N) is 1. The number of alkyl halides is 3. The number of carbonyl (C=O) groups excluding carboxylic acids is 1. The van der Waals surface area contributed by atoms with Gasteiger partial charge in [0.05, 0.1) is 42.9 Å². The first-order valence-electron chi connectivity index (χ1n) is 12.2. The number of fused-ring (bicyclic) bond motifs is 1. The van der Waals surface area contributed by atoms with Crippen LogP contribution in [0.1, 0.15) is 23.6 Å². The van der Waals surface area contributed by atoms with Crippen molar-refractivity contribution in [1.29, 1.82) is 0 Å². The number of morpholine rings is 1. The van der Waals surface area contributed by atoms with E-state index in [-0.39, 0.29) is 18.5 Å². The third-order valence-corrected chi connectivity index (χ3v) is 7.17. The van der Waals surface area contributed by atoms with Crippen molar-refractivity contribution in [3.63, 3.8) is 0 Å². The van der Waals surface area contributed by atoms with Crippen LogP contribution >= 0.6 is 0 Å². The highest BCUT2D eigenvalue weighted by Crippen LogP contribution is 2.35. The topological polar surface area (TPSA) is 110 Å². The second-order valence-electron chi connectivity index (χ2n) is 9.62. The van der Waals surface area contributed by atoms with E-state index in [0.717, 1.165) is 23.2 Å². The quantitative estimate of drug-likeness (QED) is 0.515. The Bertz CT molecular complexity index is 1250. The molecule has 0 radical (unpaired) electrons. The minimum Gasteiger partial charge on any atom is -0.391 e. The van der Waals surface area contributed by atoms with Crippen LogP contribution in [0.2, 0.25) is 0 Å². The maximum absolute atomic E-state index is 13.1. The molecule has 2 aliphatic rings. The Kier molecular flexibility index (Phi) is 7.06. The average molecular weight is 519 g/mol.